The van der Waals surface area contributed by atoms with Crippen molar-refractivity contribution in [1.82, 2.24) is 14.9 Å². The van der Waals surface area contributed by atoms with Gasteiger partial charge in [0.2, 0.25) is 0 Å². The van der Waals surface area contributed by atoms with Crippen molar-refractivity contribution in [2.24, 2.45) is 0 Å². The number of hydrogen-bond donors (Lipinski definition) is 2. The lowest BCUT2D eigenvalue weighted by Crippen LogP contribution is -2.50. The second kappa shape index (κ2) is 8.30. The molecular formula is C19H20ClN5O2S. The van der Waals surface area contributed by atoms with E-state index in [1.807, 2.05) is 24.3 Å². The zero-order valence-electron chi connectivity index (χ0n) is 15.1. The van der Waals surface area contributed by atoms with Crippen LogP contribution in [0.15, 0.2) is 36.5 Å². The Morgan fingerprint density at radius 2 is 2.07 bits per heavy atom. The normalized spacial score (nSPS) is 14.5. The number of pyridine rings is 1. The Balaban J connectivity index is 1.38. The molecule has 9 heteroatoms. The molecule has 7 nitrogen and oxygen atoms in total. The number of thiazole rings is 1. The number of aliphatic hydroxyl groups excluding tert-OH is 1. The standard InChI is InChI=1S/C19H20ClN5O2S/c20-14-2-1-6-21-17(14)24-7-9-25(10-8-24)19(27)23-18-22-15-4-3-13(5-11-26)12-16(15)28-18/h1-4,6,12,26H,5,7-11H2,(H,22,23,27). The van der Waals surface area contributed by atoms with Gasteiger partial charge in [-0.15, -0.1) is 0 Å². The molecule has 1 fully saturated rings. The number of aromatic nitrogens is 2. The van der Waals surface area contributed by atoms with Crippen molar-refractivity contribution in [2.75, 3.05) is 43.0 Å². The van der Waals surface area contributed by atoms with Gasteiger partial charge >= 0.3 is 6.03 Å². The van der Waals surface area contributed by atoms with Gasteiger partial charge in [-0.2, -0.15) is 0 Å². The van der Waals surface area contributed by atoms with Crippen LogP contribution in [0.4, 0.5) is 15.7 Å². The van der Waals surface area contributed by atoms with Crippen molar-refractivity contribution in [3.05, 3.63) is 47.1 Å². The number of halogens is 1. The van der Waals surface area contributed by atoms with Crippen LogP contribution in [0.5, 0.6) is 0 Å². The molecule has 0 atom stereocenters. The molecule has 2 N–H and O–H groups in total. The minimum Gasteiger partial charge on any atom is -0.396 e. The first-order chi connectivity index (χ1) is 13.6. The van der Waals surface area contributed by atoms with Crippen LogP contribution in [0.2, 0.25) is 5.02 Å². The molecular weight excluding hydrogens is 398 g/mol. The van der Waals surface area contributed by atoms with Gasteiger partial charge in [-0.3, -0.25) is 5.32 Å². The highest BCUT2D eigenvalue weighted by Gasteiger charge is 2.23. The molecule has 0 spiro atoms. The SMILES string of the molecule is O=C(Nc1nc2ccc(CCO)cc2s1)N1CCN(c2ncccc2Cl)CC1. The van der Waals surface area contributed by atoms with Crippen molar-refractivity contribution in [1.29, 1.82) is 0 Å². The summed E-state index contributed by atoms with van der Waals surface area (Å²) in [6.07, 6.45) is 2.33. The average Bonchev–Trinajstić information content (AvgIpc) is 3.10. The Labute approximate surface area is 171 Å². The highest BCUT2D eigenvalue weighted by Crippen LogP contribution is 2.28. The fourth-order valence-corrected chi connectivity index (χ4v) is 4.37. The lowest BCUT2D eigenvalue weighted by molar-refractivity contribution is 0.208. The fraction of sp³-hybridized carbons (Fsp3) is 0.316. The molecule has 0 saturated carbocycles. The number of anilines is 2. The second-order valence-corrected chi connectivity index (χ2v) is 7.95. The molecule has 0 aliphatic carbocycles. The highest BCUT2D eigenvalue weighted by molar-refractivity contribution is 7.22. The number of nitrogens with one attached hydrogen (secondary N) is 1. The van der Waals surface area contributed by atoms with Gasteiger partial charge in [0.05, 0.1) is 15.2 Å². The smallest absolute Gasteiger partial charge is 0.323 e. The summed E-state index contributed by atoms with van der Waals surface area (Å²) in [5.74, 6) is 0.758. The molecule has 28 heavy (non-hydrogen) atoms. The lowest BCUT2D eigenvalue weighted by Gasteiger charge is -2.35. The molecule has 1 saturated heterocycles. The number of hydrogen-bond acceptors (Lipinski definition) is 6. The van der Waals surface area contributed by atoms with Crippen LogP contribution in [0, 0.1) is 0 Å². The third kappa shape index (κ3) is 4.04. The van der Waals surface area contributed by atoms with Crippen LogP contribution in [0.3, 0.4) is 0 Å². The van der Waals surface area contributed by atoms with Gasteiger partial charge in [-0.25, -0.2) is 14.8 Å². The molecule has 1 aromatic carbocycles. The number of nitrogens with zero attached hydrogens (tertiary/aromatic N) is 4. The number of benzene rings is 1. The van der Waals surface area contributed by atoms with Crippen LogP contribution >= 0.6 is 22.9 Å². The van der Waals surface area contributed by atoms with Crippen molar-refractivity contribution in [2.45, 2.75) is 6.42 Å². The first-order valence-electron chi connectivity index (χ1n) is 9.06. The van der Waals surface area contributed by atoms with E-state index in [0.717, 1.165) is 21.6 Å². The minimum atomic E-state index is -0.151. The predicted molar refractivity (Wildman–Crippen MR) is 112 cm³/mol. The van der Waals surface area contributed by atoms with Crippen LogP contribution in [-0.2, 0) is 6.42 Å². The van der Waals surface area contributed by atoms with Gasteiger partial charge in [0.15, 0.2) is 5.13 Å². The number of carbonyl (C=O) groups is 1. The van der Waals surface area contributed by atoms with E-state index in [1.165, 1.54) is 11.3 Å². The molecule has 3 aromatic rings. The summed E-state index contributed by atoms with van der Waals surface area (Å²) in [4.78, 5) is 25.3. The molecule has 3 heterocycles. The maximum absolute atomic E-state index is 12.6. The Kier molecular flexibility index (Phi) is 5.61. The Morgan fingerprint density at radius 3 is 2.82 bits per heavy atom. The summed E-state index contributed by atoms with van der Waals surface area (Å²) >= 11 is 7.66. The molecule has 1 aliphatic heterocycles. The highest BCUT2D eigenvalue weighted by atomic mass is 35.5. The molecule has 0 bridgehead atoms. The van der Waals surface area contributed by atoms with Crippen molar-refractivity contribution < 1.29 is 9.90 Å². The molecule has 1 aliphatic rings. The molecule has 0 unspecified atom stereocenters. The summed E-state index contributed by atoms with van der Waals surface area (Å²) in [5, 5.41) is 13.2. The van der Waals surface area contributed by atoms with Crippen molar-refractivity contribution in [3.8, 4) is 0 Å². The van der Waals surface area contributed by atoms with E-state index in [9.17, 15) is 4.79 Å². The number of fused-ring (bicyclic) bond motifs is 1. The van der Waals surface area contributed by atoms with Crippen LogP contribution in [0.25, 0.3) is 10.2 Å². The van der Waals surface area contributed by atoms with Gasteiger partial charge in [-0.1, -0.05) is 29.0 Å². The van der Waals surface area contributed by atoms with Gasteiger partial charge < -0.3 is 14.9 Å². The first-order valence-corrected chi connectivity index (χ1v) is 10.3. The molecule has 4 rings (SSSR count). The fourth-order valence-electron chi connectivity index (χ4n) is 3.21. The number of carbonyl (C=O) groups excluding carboxylic acids is 1. The van der Waals surface area contributed by atoms with Crippen molar-refractivity contribution in [3.63, 3.8) is 0 Å². The van der Waals surface area contributed by atoms with E-state index in [4.69, 9.17) is 16.7 Å². The summed E-state index contributed by atoms with van der Waals surface area (Å²) in [7, 11) is 0. The van der Waals surface area contributed by atoms with Crippen LogP contribution in [-0.4, -0.2) is 58.8 Å². The Hall–Kier alpha value is -2.42. The van der Waals surface area contributed by atoms with E-state index < -0.39 is 0 Å². The van der Waals surface area contributed by atoms with E-state index in [0.29, 0.717) is 42.8 Å². The number of rotatable bonds is 4. The van der Waals surface area contributed by atoms with Gasteiger partial charge in [0.1, 0.15) is 5.82 Å². The maximum atomic E-state index is 12.6. The minimum absolute atomic E-state index is 0.115. The summed E-state index contributed by atoms with van der Waals surface area (Å²) in [6.45, 7) is 2.64. The summed E-state index contributed by atoms with van der Waals surface area (Å²) in [6, 6.07) is 9.35. The quantitative estimate of drug-likeness (QED) is 0.681. The zero-order valence-corrected chi connectivity index (χ0v) is 16.7. The van der Waals surface area contributed by atoms with E-state index >= 15 is 0 Å². The average molecular weight is 418 g/mol. The predicted octanol–water partition coefficient (Wildman–Crippen LogP) is 3.23. The lowest BCUT2D eigenvalue weighted by atomic mass is 10.1. The number of urea groups is 1. The third-order valence-corrected chi connectivity index (χ3v) is 5.90. The maximum Gasteiger partial charge on any atom is 0.323 e. The largest absolute Gasteiger partial charge is 0.396 e. The summed E-state index contributed by atoms with van der Waals surface area (Å²) in [5.41, 5.74) is 1.90. The molecule has 2 aromatic heterocycles. The van der Waals surface area contributed by atoms with Crippen LogP contribution in [0.1, 0.15) is 5.56 Å². The first kappa shape index (κ1) is 18.9. The topological polar surface area (TPSA) is 81.6 Å². The molecule has 2 amide bonds. The van der Waals surface area contributed by atoms with E-state index in [-0.39, 0.29) is 12.6 Å². The molecule has 146 valence electrons. The van der Waals surface area contributed by atoms with Crippen LogP contribution < -0.4 is 10.2 Å². The molecule has 0 radical (unpaired) electrons. The third-order valence-electron chi connectivity index (χ3n) is 4.67. The van der Waals surface area contributed by atoms with E-state index in [1.54, 1.807) is 17.2 Å². The number of amides is 2. The number of piperazine rings is 1. The van der Waals surface area contributed by atoms with Gasteiger partial charge in [0, 0.05) is 39.0 Å². The van der Waals surface area contributed by atoms with Gasteiger partial charge in [-0.05, 0) is 36.2 Å². The Morgan fingerprint density at radius 1 is 1.25 bits per heavy atom. The zero-order chi connectivity index (χ0) is 19.5. The second-order valence-electron chi connectivity index (χ2n) is 6.51. The van der Waals surface area contributed by atoms with E-state index in [2.05, 4.69) is 20.2 Å². The van der Waals surface area contributed by atoms with Crippen molar-refractivity contribution >= 4 is 50.1 Å². The van der Waals surface area contributed by atoms with Gasteiger partial charge in [0.25, 0.3) is 0 Å². The summed E-state index contributed by atoms with van der Waals surface area (Å²) < 4.78 is 0.996. The monoisotopic (exact) mass is 417 g/mol. The number of aliphatic hydroxyl groups is 1. The Bertz CT molecular complexity index is 987.